The Morgan fingerprint density at radius 2 is 1.03 bits per heavy atom. The molecule has 4 aromatic carbocycles. The molecule has 2 aliphatic rings. The van der Waals surface area contributed by atoms with Crippen molar-refractivity contribution in [2.45, 2.75) is 38.1 Å². The lowest BCUT2D eigenvalue weighted by Gasteiger charge is -2.26. The van der Waals surface area contributed by atoms with Crippen LogP contribution in [0.15, 0.2) is 132 Å². The number of benzene rings is 4. The quantitative estimate of drug-likeness (QED) is 0.123. The Labute approximate surface area is 342 Å². The number of nitrogens with two attached hydrogens (primary N) is 2. The van der Waals surface area contributed by atoms with E-state index in [4.69, 9.17) is 25.7 Å². The van der Waals surface area contributed by atoms with E-state index in [1.54, 1.807) is 70.0 Å². The molecule has 0 bridgehead atoms. The number of aromatic nitrogens is 3. The largest absolute Gasteiger partial charge is 0.495 e. The van der Waals surface area contributed by atoms with Crippen molar-refractivity contribution in [3.8, 4) is 39.5 Å². The van der Waals surface area contributed by atoms with Gasteiger partial charge in [-0.25, -0.2) is 20.0 Å². The fourth-order valence-electron chi connectivity index (χ4n) is 7.11. The maximum absolute atomic E-state index is 12.7. The van der Waals surface area contributed by atoms with Crippen LogP contribution in [0, 0.1) is 13.8 Å². The molecule has 0 fully saturated rings. The molecule has 0 amide bonds. The number of nitrogens with zero attached hydrogens (tertiary/aromatic N) is 5. The van der Waals surface area contributed by atoms with Crippen LogP contribution in [-0.4, -0.2) is 60.5 Å². The van der Waals surface area contributed by atoms with Crippen LogP contribution < -0.4 is 25.7 Å². The van der Waals surface area contributed by atoms with Gasteiger partial charge in [0.2, 0.25) is 0 Å². The lowest BCUT2D eigenvalue weighted by Crippen LogP contribution is -2.27. The van der Waals surface area contributed by atoms with Gasteiger partial charge in [0.05, 0.1) is 13.3 Å². The van der Waals surface area contributed by atoms with Crippen LogP contribution in [0.5, 0.6) is 17.2 Å². The molecule has 2 aromatic heterocycles. The summed E-state index contributed by atoms with van der Waals surface area (Å²) in [5, 5.41) is 0. The summed E-state index contributed by atoms with van der Waals surface area (Å²) in [5.41, 5.74) is 17.8. The highest BCUT2D eigenvalue weighted by atomic mass is 19.3. The molecular weight excluding hydrogens is 783 g/mol. The Morgan fingerprint density at radius 1 is 0.567 bits per heavy atom. The number of hydrogen-bond acceptors (Lipinski definition) is 12. The number of aryl methyl sites for hydroxylation is 2. The number of aliphatic imine (C=N–C) groups is 2. The Bertz CT molecular complexity index is 2550. The van der Waals surface area contributed by atoms with Gasteiger partial charge in [0.1, 0.15) is 36.8 Å². The molecular formula is C44H39F4N7O5. The average Bonchev–Trinajstić information content (AvgIpc) is 3.86. The van der Waals surface area contributed by atoms with E-state index in [1.807, 2.05) is 54.6 Å². The lowest BCUT2D eigenvalue weighted by molar-refractivity contribution is -0.0509. The summed E-state index contributed by atoms with van der Waals surface area (Å²) in [7, 11) is 1.59. The highest BCUT2D eigenvalue weighted by molar-refractivity contribution is 5.77. The molecule has 0 saturated carbocycles. The molecule has 6 aromatic rings. The summed E-state index contributed by atoms with van der Waals surface area (Å²) >= 11 is 0. The average molecular weight is 822 g/mol. The molecule has 0 spiro atoms. The van der Waals surface area contributed by atoms with Crippen molar-refractivity contribution in [1.82, 2.24) is 15.0 Å². The second-order valence-electron chi connectivity index (χ2n) is 13.8. The minimum atomic E-state index is -2.89. The van der Waals surface area contributed by atoms with Crippen molar-refractivity contribution < 1.29 is 41.2 Å². The van der Waals surface area contributed by atoms with Crippen LogP contribution in [-0.2, 0) is 20.6 Å². The van der Waals surface area contributed by atoms with E-state index in [2.05, 4.69) is 34.4 Å². The van der Waals surface area contributed by atoms with E-state index >= 15 is 0 Å². The first-order chi connectivity index (χ1) is 28.9. The number of rotatable bonds is 11. The third-order valence-electron chi connectivity index (χ3n) is 10.1. The predicted molar refractivity (Wildman–Crippen MR) is 216 cm³/mol. The van der Waals surface area contributed by atoms with Gasteiger partial charge in [0.25, 0.3) is 12.0 Å². The highest BCUT2D eigenvalue weighted by Gasteiger charge is 2.42. The Morgan fingerprint density at radius 3 is 1.47 bits per heavy atom. The van der Waals surface area contributed by atoms with Crippen LogP contribution in [0.2, 0.25) is 0 Å². The molecule has 12 nitrogen and oxygen atoms in total. The minimum absolute atomic E-state index is 0.0685. The number of hydrogen-bond donors (Lipinski definition) is 2. The van der Waals surface area contributed by atoms with Gasteiger partial charge >= 0.3 is 13.2 Å². The minimum Gasteiger partial charge on any atom is -0.495 e. The van der Waals surface area contributed by atoms with E-state index < -0.39 is 24.3 Å². The zero-order chi connectivity index (χ0) is 42.4. The van der Waals surface area contributed by atoms with E-state index in [1.165, 1.54) is 18.5 Å². The molecule has 2 atom stereocenters. The smallest absolute Gasteiger partial charge is 0.387 e. The van der Waals surface area contributed by atoms with Gasteiger partial charge in [-0.15, -0.1) is 0 Å². The summed E-state index contributed by atoms with van der Waals surface area (Å²) < 4.78 is 76.0. The maximum atomic E-state index is 12.7. The van der Waals surface area contributed by atoms with Crippen molar-refractivity contribution in [1.29, 1.82) is 0 Å². The molecule has 2 aliphatic heterocycles. The number of amidine groups is 2. The van der Waals surface area contributed by atoms with Gasteiger partial charge in [-0.3, -0.25) is 4.98 Å². The molecule has 16 heteroatoms. The van der Waals surface area contributed by atoms with Crippen molar-refractivity contribution in [2.75, 3.05) is 20.3 Å². The third-order valence-corrected chi connectivity index (χ3v) is 10.1. The number of alkyl halides is 4. The molecule has 0 aliphatic carbocycles. The number of halogens is 4. The molecule has 308 valence electrons. The first-order valence-corrected chi connectivity index (χ1v) is 18.4. The summed E-state index contributed by atoms with van der Waals surface area (Å²) in [6, 6.07) is 27.5. The van der Waals surface area contributed by atoms with E-state index in [0.29, 0.717) is 16.9 Å². The van der Waals surface area contributed by atoms with Crippen molar-refractivity contribution in [3.63, 3.8) is 0 Å². The van der Waals surface area contributed by atoms with Crippen LogP contribution in [0.4, 0.5) is 17.6 Å². The van der Waals surface area contributed by atoms with Crippen LogP contribution in [0.25, 0.3) is 22.3 Å². The number of pyridine rings is 1. The maximum Gasteiger partial charge on any atom is 0.387 e. The Hall–Kier alpha value is -7.23. The fraction of sp³-hybridized carbons (Fsp3) is 0.205. The van der Waals surface area contributed by atoms with Crippen LogP contribution in [0.1, 0.15) is 33.4 Å². The van der Waals surface area contributed by atoms with Gasteiger partial charge in [-0.2, -0.15) is 17.6 Å². The van der Waals surface area contributed by atoms with Gasteiger partial charge < -0.3 is 35.2 Å². The molecule has 4 N–H and O–H groups in total. The third kappa shape index (κ3) is 8.62. The Kier molecular flexibility index (Phi) is 11.8. The van der Waals surface area contributed by atoms with E-state index in [0.717, 1.165) is 44.5 Å². The standard InChI is InChI=1S/C23H21F2N3O3.C21H18F2N4O2/c1-14-8-18(6-7-20(14)31-21(24)25)23(13-30-22(26)28-23)17-5-3-4-15(9-17)16-10-19(29-2)12-27-11-16;1-13-7-17(5-6-18(13)29-19(22)23)21(11-28-20(24)27-21)16-4-2-3-14(8-16)15-9-25-12-26-10-15/h3-12,21H,13H2,1-2H3,(H2,26,28);2-10,12,19H,11H2,1H3,(H2,24,27). The molecule has 60 heavy (non-hydrogen) atoms. The topological polar surface area (TPSA) is 162 Å². The Balaban J connectivity index is 0.000000182. The second kappa shape index (κ2) is 17.3. The van der Waals surface area contributed by atoms with Gasteiger partial charge in [-0.05, 0) is 101 Å². The van der Waals surface area contributed by atoms with Crippen LogP contribution in [0.3, 0.4) is 0 Å². The first kappa shape index (κ1) is 40.9. The zero-order valence-corrected chi connectivity index (χ0v) is 32.6. The summed E-state index contributed by atoms with van der Waals surface area (Å²) in [6.07, 6.45) is 8.30. The van der Waals surface area contributed by atoms with E-state index in [9.17, 15) is 17.6 Å². The van der Waals surface area contributed by atoms with E-state index in [-0.39, 0.29) is 36.8 Å². The summed E-state index contributed by atoms with van der Waals surface area (Å²) in [4.78, 5) is 21.5. The molecule has 2 unspecified atom stereocenters. The lowest BCUT2D eigenvalue weighted by atomic mass is 9.82. The van der Waals surface area contributed by atoms with Gasteiger partial charge in [0.15, 0.2) is 11.1 Å². The SMILES string of the molecule is COc1cncc(-c2cccc(C3(c4ccc(OC(F)F)c(C)c4)COC(N)=N3)c2)c1.Cc1cc(C2(c3cccc(-c4cncnc4)c3)COC(N)=N2)ccc1OC(F)F. The molecule has 0 saturated heterocycles. The number of methoxy groups -OCH3 is 1. The second-order valence-corrected chi connectivity index (χ2v) is 13.8. The van der Waals surface area contributed by atoms with Crippen LogP contribution >= 0.6 is 0 Å². The van der Waals surface area contributed by atoms with Crippen molar-refractivity contribution in [3.05, 3.63) is 155 Å². The van der Waals surface area contributed by atoms with Gasteiger partial charge in [-0.1, -0.05) is 48.5 Å². The normalized spacial score (nSPS) is 18.1. The summed E-state index contributed by atoms with van der Waals surface area (Å²) in [5.74, 6) is 0.875. The van der Waals surface area contributed by atoms with Gasteiger partial charge in [0, 0.05) is 29.7 Å². The zero-order valence-electron chi connectivity index (χ0n) is 32.6. The highest BCUT2D eigenvalue weighted by Crippen LogP contribution is 2.42. The monoisotopic (exact) mass is 821 g/mol. The number of ether oxygens (including phenoxy) is 5. The van der Waals surface area contributed by atoms with Crippen molar-refractivity contribution in [2.24, 2.45) is 21.5 Å². The molecule has 4 heterocycles. The molecule has 0 radical (unpaired) electrons. The van der Waals surface area contributed by atoms with Crippen molar-refractivity contribution >= 4 is 12.0 Å². The predicted octanol–water partition coefficient (Wildman–Crippen LogP) is 7.90. The fourth-order valence-corrected chi connectivity index (χ4v) is 7.11. The molecule has 8 rings (SSSR count). The summed E-state index contributed by atoms with van der Waals surface area (Å²) in [6.45, 7) is -1.99. The first-order valence-electron chi connectivity index (χ1n) is 18.4.